The van der Waals surface area contributed by atoms with Crippen LogP contribution in [0.4, 0.5) is 0 Å². The quantitative estimate of drug-likeness (QED) is 0.617. The highest BCUT2D eigenvalue weighted by Crippen LogP contribution is 2.38. The predicted molar refractivity (Wildman–Crippen MR) is 62.0 cm³/mol. The Morgan fingerprint density at radius 1 is 1.00 bits per heavy atom. The Kier molecular flexibility index (Phi) is 2.07. The lowest BCUT2D eigenvalue weighted by molar-refractivity contribution is 0.591. The number of rotatable bonds is 1. The highest BCUT2D eigenvalue weighted by atomic mass is 14.3. The van der Waals surface area contributed by atoms with E-state index >= 15 is 0 Å². The van der Waals surface area contributed by atoms with E-state index in [-0.39, 0.29) is 5.41 Å². The van der Waals surface area contributed by atoms with Crippen molar-refractivity contribution in [2.24, 2.45) is 5.41 Å². The molecule has 1 aromatic carbocycles. The molecule has 14 heavy (non-hydrogen) atoms. The largest absolute Gasteiger partial charge is 0.0670 e. The SMILES string of the molecule is CC1=CC(c2ccccc2)=CC1(C)C. The minimum Gasteiger partial charge on any atom is -0.0670 e. The maximum atomic E-state index is 2.34. The van der Waals surface area contributed by atoms with Gasteiger partial charge >= 0.3 is 0 Å². The van der Waals surface area contributed by atoms with Crippen LogP contribution in [0.25, 0.3) is 5.57 Å². The molecule has 0 saturated heterocycles. The summed E-state index contributed by atoms with van der Waals surface area (Å²) in [6, 6.07) is 10.6. The van der Waals surface area contributed by atoms with E-state index in [1.165, 1.54) is 16.7 Å². The van der Waals surface area contributed by atoms with Crippen LogP contribution in [-0.2, 0) is 0 Å². The van der Waals surface area contributed by atoms with Crippen LogP contribution in [0.3, 0.4) is 0 Å². The van der Waals surface area contributed by atoms with Crippen LogP contribution < -0.4 is 0 Å². The molecule has 0 spiro atoms. The minimum absolute atomic E-state index is 0.227. The van der Waals surface area contributed by atoms with E-state index in [1.807, 2.05) is 0 Å². The van der Waals surface area contributed by atoms with Gasteiger partial charge in [0, 0.05) is 5.41 Å². The van der Waals surface area contributed by atoms with Crippen molar-refractivity contribution >= 4 is 5.57 Å². The Hall–Kier alpha value is -1.30. The van der Waals surface area contributed by atoms with Crippen LogP contribution in [0.5, 0.6) is 0 Å². The fourth-order valence-corrected chi connectivity index (χ4v) is 1.76. The van der Waals surface area contributed by atoms with Crippen molar-refractivity contribution in [1.82, 2.24) is 0 Å². The molecule has 0 unspecified atom stereocenters. The third-order valence-corrected chi connectivity index (χ3v) is 3.01. The third kappa shape index (κ3) is 1.52. The molecule has 1 aliphatic carbocycles. The second-order valence-corrected chi connectivity index (χ2v) is 4.51. The van der Waals surface area contributed by atoms with Crippen LogP contribution in [-0.4, -0.2) is 0 Å². The molecule has 0 fully saturated rings. The summed E-state index contributed by atoms with van der Waals surface area (Å²) in [5.41, 5.74) is 4.34. The molecule has 0 atom stereocenters. The van der Waals surface area contributed by atoms with Crippen LogP contribution in [0, 0.1) is 5.41 Å². The van der Waals surface area contributed by atoms with Crippen LogP contribution in [0.2, 0.25) is 0 Å². The second-order valence-electron chi connectivity index (χ2n) is 4.51. The molecule has 2 rings (SSSR count). The summed E-state index contributed by atoms with van der Waals surface area (Å²) >= 11 is 0. The first kappa shape index (κ1) is 9.26. The van der Waals surface area contributed by atoms with Gasteiger partial charge in [-0.05, 0) is 18.1 Å². The lowest BCUT2D eigenvalue weighted by Gasteiger charge is -2.16. The van der Waals surface area contributed by atoms with Gasteiger partial charge in [-0.1, -0.05) is 61.9 Å². The van der Waals surface area contributed by atoms with Crippen molar-refractivity contribution in [3.05, 3.63) is 53.6 Å². The van der Waals surface area contributed by atoms with Gasteiger partial charge < -0.3 is 0 Å². The maximum absolute atomic E-state index is 2.34. The van der Waals surface area contributed by atoms with Crippen molar-refractivity contribution in [3.63, 3.8) is 0 Å². The van der Waals surface area contributed by atoms with Gasteiger partial charge in [-0.25, -0.2) is 0 Å². The van der Waals surface area contributed by atoms with Gasteiger partial charge in [-0.3, -0.25) is 0 Å². The zero-order valence-corrected chi connectivity index (χ0v) is 9.04. The summed E-state index contributed by atoms with van der Waals surface area (Å²) in [7, 11) is 0. The summed E-state index contributed by atoms with van der Waals surface area (Å²) in [5, 5.41) is 0. The van der Waals surface area contributed by atoms with Crippen LogP contribution in [0.1, 0.15) is 26.3 Å². The number of allylic oxidation sites excluding steroid dienone is 4. The molecule has 0 heterocycles. The molecule has 1 aromatic rings. The molecule has 1 aliphatic rings. The van der Waals surface area contributed by atoms with Gasteiger partial charge in [0.1, 0.15) is 0 Å². The van der Waals surface area contributed by atoms with Crippen molar-refractivity contribution in [2.75, 3.05) is 0 Å². The summed E-state index contributed by atoms with van der Waals surface area (Å²) in [6.45, 7) is 6.72. The van der Waals surface area contributed by atoms with E-state index < -0.39 is 0 Å². The fourth-order valence-electron chi connectivity index (χ4n) is 1.76. The number of benzene rings is 1. The first-order chi connectivity index (χ1) is 6.59. The molecule has 0 aromatic heterocycles. The lowest BCUT2D eigenvalue weighted by atomic mass is 9.88. The standard InChI is InChI=1S/C14H16/c1-11-9-13(10-14(11,2)3)12-7-5-4-6-8-12/h4-10H,1-3H3. The normalized spacial score (nSPS) is 19.1. The van der Waals surface area contributed by atoms with E-state index in [4.69, 9.17) is 0 Å². The van der Waals surface area contributed by atoms with Crippen molar-refractivity contribution in [3.8, 4) is 0 Å². The second kappa shape index (κ2) is 3.13. The summed E-state index contributed by atoms with van der Waals surface area (Å²) in [4.78, 5) is 0. The van der Waals surface area contributed by atoms with Gasteiger partial charge in [-0.2, -0.15) is 0 Å². The molecular formula is C14H16. The van der Waals surface area contributed by atoms with Gasteiger partial charge in [0.25, 0.3) is 0 Å². The van der Waals surface area contributed by atoms with Gasteiger partial charge in [0.05, 0.1) is 0 Å². The Morgan fingerprint density at radius 2 is 1.64 bits per heavy atom. The van der Waals surface area contributed by atoms with Crippen molar-refractivity contribution < 1.29 is 0 Å². The first-order valence-electron chi connectivity index (χ1n) is 5.07. The number of hydrogen-bond acceptors (Lipinski definition) is 0. The molecule has 0 bridgehead atoms. The molecule has 0 N–H and O–H groups in total. The molecule has 0 aliphatic heterocycles. The predicted octanol–water partition coefficient (Wildman–Crippen LogP) is 4.06. The zero-order chi connectivity index (χ0) is 10.2. The molecule has 0 nitrogen and oxygen atoms in total. The Balaban J connectivity index is 2.41. The smallest absolute Gasteiger partial charge is 0.00440 e. The van der Waals surface area contributed by atoms with Gasteiger partial charge in [-0.15, -0.1) is 0 Å². The van der Waals surface area contributed by atoms with E-state index in [9.17, 15) is 0 Å². The Labute approximate surface area is 86.0 Å². The zero-order valence-electron chi connectivity index (χ0n) is 9.04. The molecule has 0 amide bonds. The summed E-state index contributed by atoms with van der Waals surface area (Å²) in [5.74, 6) is 0. The molecule has 72 valence electrons. The summed E-state index contributed by atoms with van der Waals surface area (Å²) < 4.78 is 0. The highest BCUT2D eigenvalue weighted by Gasteiger charge is 2.23. The van der Waals surface area contributed by atoms with E-state index in [0.29, 0.717) is 0 Å². The average molecular weight is 184 g/mol. The van der Waals surface area contributed by atoms with Gasteiger partial charge in [0.15, 0.2) is 0 Å². The monoisotopic (exact) mass is 184 g/mol. The van der Waals surface area contributed by atoms with E-state index in [1.54, 1.807) is 0 Å². The first-order valence-corrected chi connectivity index (χ1v) is 5.07. The third-order valence-electron chi connectivity index (χ3n) is 3.01. The fraction of sp³-hybridized carbons (Fsp3) is 0.286. The number of hydrogen-bond donors (Lipinski definition) is 0. The van der Waals surface area contributed by atoms with Crippen molar-refractivity contribution in [1.29, 1.82) is 0 Å². The van der Waals surface area contributed by atoms with E-state index in [2.05, 4.69) is 63.3 Å². The molecule has 0 radical (unpaired) electrons. The van der Waals surface area contributed by atoms with Crippen molar-refractivity contribution in [2.45, 2.75) is 20.8 Å². The van der Waals surface area contributed by atoms with Gasteiger partial charge in [0.2, 0.25) is 0 Å². The Morgan fingerprint density at radius 3 is 2.14 bits per heavy atom. The topological polar surface area (TPSA) is 0 Å². The van der Waals surface area contributed by atoms with Crippen LogP contribution >= 0.6 is 0 Å². The molecular weight excluding hydrogens is 168 g/mol. The Bertz CT molecular complexity index is 391. The molecule has 0 heteroatoms. The van der Waals surface area contributed by atoms with E-state index in [0.717, 1.165) is 0 Å². The van der Waals surface area contributed by atoms with Crippen LogP contribution in [0.15, 0.2) is 48.1 Å². The summed E-state index contributed by atoms with van der Waals surface area (Å²) in [6.07, 6.45) is 4.63. The maximum Gasteiger partial charge on any atom is 0.00440 e. The average Bonchev–Trinajstić information content (AvgIpc) is 2.43. The lowest BCUT2D eigenvalue weighted by Crippen LogP contribution is -2.04. The molecule has 0 saturated carbocycles. The highest BCUT2D eigenvalue weighted by molar-refractivity contribution is 5.78. The minimum atomic E-state index is 0.227.